The third kappa shape index (κ3) is 12.0. The Bertz CT molecular complexity index is 2050. The molecule has 5 N–H and O–H groups in total. The molecule has 2 atom stereocenters. The van der Waals surface area contributed by atoms with E-state index in [0.717, 1.165) is 0 Å². The predicted octanol–water partition coefficient (Wildman–Crippen LogP) is 6.00. The van der Waals surface area contributed by atoms with Crippen LogP contribution < -0.4 is 25.3 Å². The first-order valence-corrected chi connectivity index (χ1v) is 20.5. The van der Waals surface area contributed by atoms with E-state index in [0.29, 0.717) is 45.9 Å². The van der Waals surface area contributed by atoms with Gasteiger partial charge in [-0.15, -0.1) is 0 Å². The van der Waals surface area contributed by atoms with Gasteiger partial charge in [0.05, 0.1) is 23.3 Å². The van der Waals surface area contributed by atoms with Crippen LogP contribution in [0.1, 0.15) is 86.9 Å². The Morgan fingerprint density at radius 3 is 2.09 bits per heavy atom. The van der Waals surface area contributed by atoms with Gasteiger partial charge in [-0.3, -0.25) is 19.2 Å². The van der Waals surface area contributed by atoms with Gasteiger partial charge in [0.1, 0.15) is 30.3 Å². The van der Waals surface area contributed by atoms with Gasteiger partial charge in [-0.2, -0.15) is 0 Å². The lowest BCUT2D eigenvalue weighted by Gasteiger charge is -2.26. The fourth-order valence-corrected chi connectivity index (χ4v) is 7.71. The molecule has 0 saturated carbocycles. The van der Waals surface area contributed by atoms with Crippen molar-refractivity contribution in [2.24, 2.45) is 0 Å². The van der Waals surface area contributed by atoms with Crippen molar-refractivity contribution in [1.29, 1.82) is 0 Å². The highest BCUT2D eigenvalue weighted by molar-refractivity contribution is 7.55. The first-order chi connectivity index (χ1) is 27.3. The van der Waals surface area contributed by atoms with Gasteiger partial charge in [-0.1, -0.05) is 12.1 Å². The lowest BCUT2D eigenvalue weighted by Crippen LogP contribution is -2.43. The van der Waals surface area contributed by atoms with Crippen LogP contribution in [0.4, 0.5) is 14.9 Å². The number of amides is 3. The molecule has 2 aromatic carbocycles. The molecule has 0 aliphatic carbocycles. The SMILES string of the molecule is CCN(CCNC(=O)c1c(C)[nH]c(/C=C2\C(=O)Nc3ccc(F)cc32)c1C)C(=O)OCc1ccc(OP(=O)(NC(C)C(=O)OC(C)C)NC(C)C(=O)OC(C)C)cc1. The van der Waals surface area contributed by atoms with E-state index in [2.05, 4.69) is 25.8 Å². The molecule has 58 heavy (non-hydrogen) atoms. The molecule has 0 fully saturated rings. The molecule has 1 aromatic heterocycles. The van der Waals surface area contributed by atoms with Crippen LogP contribution in [0.3, 0.4) is 0 Å². The van der Waals surface area contributed by atoms with Crippen molar-refractivity contribution in [3.05, 3.63) is 81.9 Å². The zero-order valence-corrected chi connectivity index (χ0v) is 35.0. The van der Waals surface area contributed by atoms with Gasteiger partial charge < -0.3 is 39.3 Å². The number of aromatic amines is 1. The molecular weight excluding hydrogens is 774 g/mol. The zero-order chi connectivity index (χ0) is 42.9. The fraction of sp³-hybridized carbons (Fsp3) is 0.425. The Kier molecular flexibility index (Phi) is 15.4. The fourth-order valence-electron chi connectivity index (χ4n) is 5.88. The maximum Gasteiger partial charge on any atom is 0.410 e. The van der Waals surface area contributed by atoms with E-state index in [4.69, 9.17) is 18.7 Å². The van der Waals surface area contributed by atoms with E-state index >= 15 is 0 Å². The number of esters is 2. The predicted molar refractivity (Wildman–Crippen MR) is 215 cm³/mol. The highest BCUT2D eigenvalue weighted by Gasteiger charge is 2.35. The van der Waals surface area contributed by atoms with Gasteiger partial charge in [-0.05, 0) is 110 Å². The second-order valence-electron chi connectivity index (χ2n) is 14.2. The van der Waals surface area contributed by atoms with Crippen LogP contribution in [0.15, 0.2) is 42.5 Å². The molecule has 18 heteroatoms. The van der Waals surface area contributed by atoms with Crippen molar-refractivity contribution in [2.75, 3.05) is 25.0 Å². The van der Waals surface area contributed by atoms with Crippen LogP contribution in [0.25, 0.3) is 11.6 Å². The van der Waals surface area contributed by atoms with Crippen molar-refractivity contribution in [3.63, 3.8) is 0 Å². The van der Waals surface area contributed by atoms with E-state index < -0.39 is 55.8 Å². The first kappa shape index (κ1) is 45.2. The second kappa shape index (κ2) is 19.8. The average molecular weight is 827 g/mol. The van der Waals surface area contributed by atoms with Crippen LogP contribution in [-0.4, -0.2) is 83.7 Å². The summed E-state index contributed by atoms with van der Waals surface area (Å²) in [6.45, 7) is 15.3. The molecule has 0 spiro atoms. The number of carbonyl (C=O) groups is 5. The van der Waals surface area contributed by atoms with Crippen LogP contribution in [-0.2, 0) is 39.8 Å². The number of hydrogen-bond acceptors (Lipinski definition) is 10. The third-order valence-corrected chi connectivity index (χ3v) is 10.6. The summed E-state index contributed by atoms with van der Waals surface area (Å²) in [6, 6.07) is 8.08. The Morgan fingerprint density at radius 1 is 0.914 bits per heavy atom. The molecule has 1 aliphatic rings. The summed E-state index contributed by atoms with van der Waals surface area (Å²) in [5.74, 6) is -2.45. The van der Waals surface area contributed by atoms with Gasteiger partial charge in [0.25, 0.3) is 11.8 Å². The molecule has 314 valence electrons. The molecule has 0 bridgehead atoms. The number of halogens is 1. The third-order valence-electron chi connectivity index (χ3n) is 8.72. The average Bonchev–Trinajstić information content (AvgIpc) is 3.60. The Balaban J connectivity index is 1.33. The highest BCUT2D eigenvalue weighted by atomic mass is 31.2. The van der Waals surface area contributed by atoms with Crippen molar-refractivity contribution in [1.82, 2.24) is 25.4 Å². The summed E-state index contributed by atoms with van der Waals surface area (Å²) in [5.41, 5.74) is 3.86. The number of benzene rings is 2. The van der Waals surface area contributed by atoms with E-state index in [1.54, 1.807) is 66.7 Å². The number of aromatic nitrogens is 1. The molecule has 2 heterocycles. The normalized spacial score (nSPS) is 15.0. The van der Waals surface area contributed by atoms with Gasteiger partial charge in [0, 0.05) is 42.3 Å². The van der Waals surface area contributed by atoms with E-state index in [9.17, 15) is 32.9 Å². The maximum absolute atomic E-state index is 14.0. The second-order valence-corrected chi connectivity index (χ2v) is 16.0. The number of nitrogens with one attached hydrogen (secondary N) is 5. The molecule has 3 amide bonds. The van der Waals surface area contributed by atoms with Gasteiger partial charge in [0.2, 0.25) is 0 Å². The number of ether oxygens (including phenoxy) is 3. The van der Waals surface area contributed by atoms with Crippen molar-refractivity contribution >= 4 is 54.9 Å². The number of carbonyl (C=O) groups excluding carboxylic acids is 5. The summed E-state index contributed by atoms with van der Waals surface area (Å²) < 4.78 is 49.6. The topological polar surface area (TPSA) is 206 Å². The number of aryl methyl sites for hydroxylation is 1. The zero-order valence-electron chi connectivity index (χ0n) is 34.1. The summed E-state index contributed by atoms with van der Waals surface area (Å²) in [7, 11) is -4.13. The van der Waals surface area contributed by atoms with E-state index in [1.807, 2.05) is 0 Å². The molecule has 3 aromatic rings. The molecule has 0 saturated heterocycles. The Morgan fingerprint density at radius 2 is 1.52 bits per heavy atom. The lowest BCUT2D eigenvalue weighted by atomic mass is 10.0. The number of hydrogen-bond donors (Lipinski definition) is 5. The number of rotatable bonds is 18. The van der Waals surface area contributed by atoms with E-state index in [-0.39, 0.29) is 42.8 Å². The molecule has 1 aliphatic heterocycles. The first-order valence-electron chi connectivity index (χ1n) is 18.9. The van der Waals surface area contributed by atoms with Crippen LogP contribution in [0, 0.1) is 19.7 Å². The summed E-state index contributed by atoms with van der Waals surface area (Å²) >= 11 is 0. The summed E-state index contributed by atoms with van der Waals surface area (Å²) in [6.07, 6.45) is 0.147. The number of nitrogens with zero attached hydrogens (tertiary/aromatic N) is 1. The van der Waals surface area contributed by atoms with Crippen molar-refractivity contribution < 1.29 is 51.7 Å². The molecular formula is C40H52FN6O10P. The summed E-state index contributed by atoms with van der Waals surface area (Å²) in [5, 5.41) is 10.8. The minimum absolute atomic E-state index is 0.110. The lowest BCUT2D eigenvalue weighted by molar-refractivity contribution is -0.149. The van der Waals surface area contributed by atoms with Gasteiger partial charge in [-0.25, -0.2) is 23.9 Å². The summed E-state index contributed by atoms with van der Waals surface area (Å²) in [4.78, 5) is 68.4. The van der Waals surface area contributed by atoms with Crippen LogP contribution in [0.5, 0.6) is 5.75 Å². The van der Waals surface area contributed by atoms with Gasteiger partial charge >= 0.3 is 25.7 Å². The van der Waals surface area contributed by atoms with Crippen molar-refractivity contribution in [3.8, 4) is 5.75 Å². The number of fused-ring (bicyclic) bond motifs is 1. The smallest absolute Gasteiger partial charge is 0.410 e. The molecule has 0 radical (unpaired) electrons. The van der Waals surface area contributed by atoms with E-state index in [1.165, 1.54) is 49.1 Å². The highest BCUT2D eigenvalue weighted by Crippen LogP contribution is 2.40. The van der Waals surface area contributed by atoms with Gasteiger partial charge in [0.15, 0.2) is 0 Å². The largest absolute Gasteiger partial charge is 0.462 e. The number of anilines is 1. The molecule has 2 unspecified atom stereocenters. The molecule has 16 nitrogen and oxygen atoms in total. The Labute approximate surface area is 337 Å². The Hall–Kier alpha value is -5.51. The molecule has 4 rings (SSSR count). The minimum atomic E-state index is -4.13. The maximum atomic E-state index is 14.0. The minimum Gasteiger partial charge on any atom is -0.462 e. The van der Waals surface area contributed by atoms with Crippen LogP contribution in [0.2, 0.25) is 0 Å². The monoisotopic (exact) mass is 826 g/mol. The quantitative estimate of drug-likeness (QED) is 0.0434. The standard InChI is InChI=1S/C40H52FN6O10P/c1-10-47(18-17-42-37(49)35-24(6)34(43-25(35)7)20-32-31-19-29(41)13-16-33(31)44-36(32)48)40(52)54-21-28-11-14-30(15-12-28)57-58(53,45-26(8)38(50)55-22(2)3)46-27(9)39(51)56-23(4)5/h11-16,19-20,22-23,26-27,43H,10,17-18,21H2,1-9H3,(H,42,49)(H,44,48)(H2,45,46,53)/b32-20-. The number of likely N-dealkylation sites (N-methyl/N-ethyl adjacent to an activating group) is 1. The van der Waals surface area contributed by atoms with Crippen LogP contribution >= 0.6 is 7.67 Å². The van der Waals surface area contributed by atoms with Crippen molar-refractivity contribution in [2.45, 2.75) is 93.2 Å². The number of H-pyrrole nitrogens is 1.